The minimum Gasteiger partial charge on any atom is -0.456 e. The Morgan fingerprint density at radius 2 is 0.917 bits per heavy atom. The fraction of sp³-hybridized carbons (Fsp3) is 0. The van der Waals surface area contributed by atoms with Gasteiger partial charge in [-0.05, 0) is 76.1 Å². The molecule has 60 heavy (non-hydrogen) atoms. The highest BCUT2D eigenvalue weighted by Gasteiger charge is 2.46. The maximum absolute atomic E-state index is 7.00. The van der Waals surface area contributed by atoms with Gasteiger partial charge in [0.25, 0.3) is 0 Å². The summed E-state index contributed by atoms with van der Waals surface area (Å²) in [6.07, 6.45) is 0. The molecule has 9 aromatic carbocycles. The van der Waals surface area contributed by atoms with E-state index in [4.69, 9.17) is 17.7 Å². The van der Waals surface area contributed by atoms with Crippen LogP contribution in [0.2, 0.25) is 0 Å². The molecule has 0 saturated carbocycles. The Hall–Kier alpha value is -7.96. The molecule has 13 aromatic rings. The van der Waals surface area contributed by atoms with Crippen molar-refractivity contribution in [1.29, 1.82) is 0 Å². The lowest BCUT2D eigenvalue weighted by Crippen LogP contribution is -2.54. The lowest BCUT2D eigenvalue weighted by atomic mass is 9.37. The maximum atomic E-state index is 7.00. The molecule has 2 aliphatic rings. The van der Waals surface area contributed by atoms with Crippen LogP contribution in [-0.2, 0) is 0 Å². The van der Waals surface area contributed by atoms with Crippen LogP contribution >= 0.6 is 0 Å². The van der Waals surface area contributed by atoms with Crippen LogP contribution in [0.4, 0.5) is 17.1 Å². The minimum atomic E-state index is -0.0825. The largest absolute Gasteiger partial charge is 0.456 e. The standard InChI is InChI=1S/C54H28BNO4/c1-5-18-43-31(11-1)34-16-9-17-41(52(34)58-43)56-42-28-29(30-15-10-22-47-48(30)37-14-4-8-21-46(37)57-47)27-38-49-39(25-23-35-32-12-2-6-19-44(32)59-53(35)49)55(50(38)42)40-26-24-36-33-13-3-7-20-45(33)60-54(36)51(40)56/h1-28H. The van der Waals surface area contributed by atoms with E-state index in [1.165, 1.54) is 16.4 Å². The average molecular weight is 766 g/mol. The number of para-hydroxylation sites is 5. The summed E-state index contributed by atoms with van der Waals surface area (Å²) in [4.78, 5) is 2.43. The predicted molar refractivity (Wildman–Crippen MR) is 246 cm³/mol. The molecular weight excluding hydrogens is 737 g/mol. The van der Waals surface area contributed by atoms with Crippen LogP contribution in [0, 0.1) is 0 Å². The second-order valence-electron chi connectivity index (χ2n) is 16.2. The smallest absolute Gasteiger partial charge is 0.248 e. The third-order valence-electron chi connectivity index (χ3n) is 13.3. The molecule has 2 aliphatic heterocycles. The second-order valence-corrected chi connectivity index (χ2v) is 16.2. The van der Waals surface area contributed by atoms with Crippen LogP contribution < -0.4 is 21.3 Å². The molecule has 0 radical (unpaired) electrons. The lowest BCUT2D eigenvalue weighted by Gasteiger charge is -2.36. The van der Waals surface area contributed by atoms with Gasteiger partial charge in [-0.2, -0.15) is 0 Å². The number of nitrogens with zero attached hydrogens (tertiary/aromatic N) is 1. The molecule has 0 fully saturated rings. The van der Waals surface area contributed by atoms with Crippen LogP contribution in [0.3, 0.4) is 0 Å². The zero-order valence-corrected chi connectivity index (χ0v) is 31.8. The van der Waals surface area contributed by atoms with E-state index in [2.05, 4.69) is 150 Å². The topological polar surface area (TPSA) is 55.8 Å². The molecule has 0 unspecified atom stereocenters. The molecule has 0 aliphatic carbocycles. The molecule has 15 rings (SSSR count). The van der Waals surface area contributed by atoms with Crippen molar-refractivity contribution in [2.45, 2.75) is 0 Å². The summed E-state index contributed by atoms with van der Waals surface area (Å²) in [5.74, 6) is 0. The highest BCUT2D eigenvalue weighted by Crippen LogP contribution is 2.51. The monoisotopic (exact) mass is 765 g/mol. The Labute approximate surface area is 341 Å². The zero-order chi connectivity index (χ0) is 38.8. The Morgan fingerprint density at radius 3 is 1.65 bits per heavy atom. The molecule has 0 amide bonds. The van der Waals surface area contributed by atoms with E-state index in [1.54, 1.807) is 0 Å². The summed E-state index contributed by atoms with van der Waals surface area (Å²) < 4.78 is 27.3. The van der Waals surface area contributed by atoms with Gasteiger partial charge in [-0.25, -0.2) is 0 Å². The number of rotatable bonds is 2. The van der Waals surface area contributed by atoms with Gasteiger partial charge in [0.15, 0.2) is 11.2 Å². The van der Waals surface area contributed by atoms with Crippen molar-refractivity contribution in [3.05, 3.63) is 170 Å². The quantitative estimate of drug-likeness (QED) is 0.164. The SMILES string of the molecule is c1ccc2c(c1)oc1c(N3c4cc(-c5cccc6oc7ccccc7c56)cc5c4B(c4ccc6c(oc7ccccc76)c4-5)c4ccc5c(oc6ccccc65)c43)cccc12. The van der Waals surface area contributed by atoms with E-state index in [1.807, 2.05) is 24.3 Å². The molecule has 0 bridgehead atoms. The summed E-state index contributed by atoms with van der Waals surface area (Å²) in [6.45, 7) is -0.0825. The summed E-state index contributed by atoms with van der Waals surface area (Å²) in [5, 5.41) is 8.73. The molecule has 4 aromatic heterocycles. The average Bonchev–Trinajstić information content (AvgIpc) is 4.12. The number of hydrogen-bond acceptors (Lipinski definition) is 5. The van der Waals surface area contributed by atoms with Crippen LogP contribution in [-0.4, -0.2) is 6.71 Å². The van der Waals surface area contributed by atoms with E-state index in [-0.39, 0.29) is 6.71 Å². The van der Waals surface area contributed by atoms with E-state index in [9.17, 15) is 0 Å². The van der Waals surface area contributed by atoms with Gasteiger partial charge in [0, 0.05) is 54.3 Å². The second kappa shape index (κ2) is 11.0. The predicted octanol–water partition coefficient (Wildman–Crippen LogP) is 13.2. The summed E-state index contributed by atoms with van der Waals surface area (Å²) in [5.41, 5.74) is 18.1. The van der Waals surface area contributed by atoms with Gasteiger partial charge in [-0.15, -0.1) is 0 Å². The Balaban J connectivity index is 1.14. The molecule has 6 heterocycles. The van der Waals surface area contributed by atoms with Crippen molar-refractivity contribution in [2.75, 3.05) is 4.90 Å². The van der Waals surface area contributed by atoms with Crippen LogP contribution in [0.1, 0.15) is 0 Å². The molecule has 0 atom stereocenters. The number of hydrogen-bond donors (Lipinski definition) is 0. The van der Waals surface area contributed by atoms with Crippen molar-refractivity contribution >= 4 is 128 Å². The number of benzene rings is 9. The summed E-state index contributed by atoms with van der Waals surface area (Å²) >= 11 is 0. The maximum Gasteiger partial charge on any atom is 0.248 e. The summed E-state index contributed by atoms with van der Waals surface area (Å²) in [6, 6.07) is 60.2. The number of fused-ring (bicyclic) bond motifs is 19. The fourth-order valence-corrected chi connectivity index (χ4v) is 10.8. The third kappa shape index (κ3) is 3.80. The molecular formula is C54H28BNO4. The number of anilines is 3. The molecule has 6 heteroatoms. The molecule has 5 nitrogen and oxygen atoms in total. The number of furan rings is 4. The van der Waals surface area contributed by atoms with Gasteiger partial charge < -0.3 is 22.6 Å². The first kappa shape index (κ1) is 31.1. The molecule has 0 N–H and O–H groups in total. The van der Waals surface area contributed by atoms with Gasteiger partial charge in [0.1, 0.15) is 33.5 Å². The summed E-state index contributed by atoms with van der Waals surface area (Å²) in [7, 11) is 0. The highest BCUT2D eigenvalue weighted by molar-refractivity contribution is 7.02. The molecule has 0 saturated heterocycles. The normalized spacial score (nSPS) is 13.3. The van der Waals surface area contributed by atoms with E-state index in [0.717, 1.165) is 127 Å². The highest BCUT2D eigenvalue weighted by atomic mass is 16.3. The van der Waals surface area contributed by atoms with Crippen molar-refractivity contribution < 1.29 is 17.7 Å². The zero-order valence-electron chi connectivity index (χ0n) is 31.8. The first-order valence-electron chi connectivity index (χ1n) is 20.4. The van der Waals surface area contributed by atoms with Gasteiger partial charge in [0.2, 0.25) is 6.71 Å². The Morgan fingerprint density at radius 1 is 0.367 bits per heavy atom. The van der Waals surface area contributed by atoms with Crippen LogP contribution in [0.15, 0.2) is 188 Å². The van der Waals surface area contributed by atoms with Crippen LogP contribution in [0.5, 0.6) is 0 Å². The fourth-order valence-electron chi connectivity index (χ4n) is 10.8. The van der Waals surface area contributed by atoms with Crippen molar-refractivity contribution in [1.82, 2.24) is 0 Å². The van der Waals surface area contributed by atoms with E-state index in [0.29, 0.717) is 0 Å². The lowest BCUT2D eigenvalue weighted by molar-refractivity contribution is 0.666. The van der Waals surface area contributed by atoms with Gasteiger partial charge in [-0.3, -0.25) is 0 Å². The van der Waals surface area contributed by atoms with Crippen molar-refractivity contribution in [2.24, 2.45) is 0 Å². The van der Waals surface area contributed by atoms with Gasteiger partial charge in [-0.1, -0.05) is 127 Å². The van der Waals surface area contributed by atoms with Crippen molar-refractivity contribution in [3.8, 4) is 22.3 Å². The Kier molecular flexibility index (Phi) is 5.67. The Bertz CT molecular complexity index is 4050. The van der Waals surface area contributed by atoms with Gasteiger partial charge in [0.05, 0.1) is 11.4 Å². The first-order valence-corrected chi connectivity index (χ1v) is 20.4. The van der Waals surface area contributed by atoms with Crippen LogP contribution in [0.25, 0.3) is 110 Å². The van der Waals surface area contributed by atoms with Crippen molar-refractivity contribution in [3.63, 3.8) is 0 Å². The van der Waals surface area contributed by atoms with E-state index >= 15 is 0 Å². The molecule has 276 valence electrons. The van der Waals surface area contributed by atoms with Gasteiger partial charge >= 0.3 is 0 Å². The third-order valence-corrected chi connectivity index (χ3v) is 13.3. The molecule has 0 spiro atoms. The van der Waals surface area contributed by atoms with E-state index < -0.39 is 0 Å². The first-order chi connectivity index (χ1) is 29.8. The minimum absolute atomic E-state index is 0.0825.